The van der Waals surface area contributed by atoms with Gasteiger partial charge >= 0.3 is 6.18 Å². The molecule has 1 atom stereocenters. The second-order valence-corrected chi connectivity index (χ2v) is 12.6. The van der Waals surface area contributed by atoms with Crippen molar-refractivity contribution in [2.24, 2.45) is 0 Å². The second kappa shape index (κ2) is 13.7. The number of aryl methyl sites for hydroxylation is 2. The fraction of sp³-hybridized carbons (Fsp3) is 0.294. The number of aromatic hydroxyl groups is 1. The summed E-state index contributed by atoms with van der Waals surface area (Å²) in [5, 5.41) is 12.9. The highest BCUT2D eigenvalue weighted by Crippen LogP contribution is 2.36. The van der Waals surface area contributed by atoms with E-state index in [1.165, 1.54) is 37.3 Å². The molecule has 2 N–H and O–H groups in total. The molecule has 1 unspecified atom stereocenters. The van der Waals surface area contributed by atoms with Crippen molar-refractivity contribution >= 4 is 21.8 Å². The number of alkyl halides is 4. The lowest BCUT2D eigenvalue weighted by Crippen LogP contribution is -2.49. The Balaban J connectivity index is 1.54. The Morgan fingerprint density at radius 2 is 1.73 bits per heavy atom. The summed E-state index contributed by atoms with van der Waals surface area (Å²) in [6.45, 7) is 2.62. The molecule has 4 aromatic rings. The van der Waals surface area contributed by atoms with Crippen LogP contribution in [-0.2, 0) is 23.9 Å². The quantitative estimate of drug-likeness (QED) is 0.179. The van der Waals surface area contributed by atoms with Gasteiger partial charge in [-0.25, -0.2) is 17.6 Å². The number of benzene rings is 3. The van der Waals surface area contributed by atoms with E-state index in [1.807, 2.05) is 0 Å². The molecule has 48 heavy (non-hydrogen) atoms. The highest BCUT2D eigenvalue weighted by atomic mass is 79.9. The van der Waals surface area contributed by atoms with Gasteiger partial charge in [0.05, 0.1) is 5.56 Å². The van der Waals surface area contributed by atoms with Gasteiger partial charge < -0.3 is 10.4 Å². The molecule has 0 bridgehead atoms. The molecule has 1 aromatic heterocycles. The van der Waals surface area contributed by atoms with E-state index in [4.69, 9.17) is 0 Å². The van der Waals surface area contributed by atoms with Gasteiger partial charge in [-0.3, -0.25) is 19.1 Å². The minimum Gasteiger partial charge on any atom is -0.507 e. The van der Waals surface area contributed by atoms with Crippen molar-refractivity contribution in [3.63, 3.8) is 0 Å². The number of hydrogen-bond acceptors (Lipinski definition) is 4. The number of phenols is 1. The first kappa shape index (κ1) is 35.1. The van der Waals surface area contributed by atoms with Crippen LogP contribution in [0.4, 0.5) is 30.7 Å². The summed E-state index contributed by atoms with van der Waals surface area (Å²) in [5.74, 6) is -3.77. The molecule has 1 saturated heterocycles. The van der Waals surface area contributed by atoms with Crippen LogP contribution < -0.4 is 10.9 Å². The molecular formula is C34H29BrF7N3O3. The fourth-order valence-corrected chi connectivity index (χ4v) is 6.24. The topological polar surface area (TPSA) is 74.6 Å². The Bertz CT molecular complexity index is 1920. The average molecular weight is 741 g/mol. The van der Waals surface area contributed by atoms with Crippen molar-refractivity contribution < 1.29 is 40.6 Å². The zero-order chi connectivity index (χ0) is 35.1. The fourth-order valence-electron chi connectivity index (χ4n) is 5.86. The molecule has 0 aliphatic carbocycles. The summed E-state index contributed by atoms with van der Waals surface area (Å²) in [4.78, 5) is 28.7. The summed E-state index contributed by atoms with van der Waals surface area (Å²) in [6.07, 6.45) is -5.41. The Morgan fingerprint density at radius 3 is 2.38 bits per heavy atom. The number of nitrogens with one attached hydrogen (secondary N) is 1. The molecule has 0 radical (unpaired) electrons. The van der Waals surface area contributed by atoms with Gasteiger partial charge in [0, 0.05) is 65.7 Å². The molecule has 1 amide bonds. The van der Waals surface area contributed by atoms with Crippen molar-refractivity contribution in [3.05, 3.63) is 120 Å². The Kier molecular flexibility index (Phi) is 10.1. The molecule has 0 spiro atoms. The zero-order valence-corrected chi connectivity index (χ0v) is 27.2. The molecule has 2 heterocycles. The standard InChI is InChI=1S/C34H29BrF7N3O3/c1-17-8-23(36)11-28(46)30(17)20-7-18(2)31(39)21(9-20)13-43-33(48)32(25-10-22(35)3-4-27(25)38)45-14-19(5-6-44-15-24(37)16-44)26(12-29(45)47)34(40,41)42/h3-4,7-12,14,24,32,46H,5-6,13,15-16H2,1-2H3,(H,43,48). The summed E-state index contributed by atoms with van der Waals surface area (Å²) in [6, 6.07) is 6.90. The normalized spacial score (nSPS) is 14.5. The summed E-state index contributed by atoms with van der Waals surface area (Å²) in [5.41, 5.74) is -2.24. The molecule has 1 aliphatic rings. The van der Waals surface area contributed by atoms with Crippen LogP contribution in [0.25, 0.3) is 11.1 Å². The third-order valence-electron chi connectivity index (χ3n) is 8.21. The predicted octanol–water partition coefficient (Wildman–Crippen LogP) is 7.14. The van der Waals surface area contributed by atoms with Gasteiger partial charge in [0.2, 0.25) is 5.91 Å². The Hall–Kier alpha value is -4.17. The maximum atomic E-state index is 15.3. The molecular weight excluding hydrogens is 711 g/mol. The van der Waals surface area contributed by atoms with Crippen LogP contribution in [0.15, 0.2) is 64.0 Å². The van der Waals surface area contributed by atoms with Gasteiger partial charge in [0.15, 0.2) is 0 Å². The molecule has 1 aliphatic heterocycles. The van der Waals surface area contributed by atoms with E-state index in [-0.39, 0.29) is 53.9 Å². The average Bonchev–Trinajstić information content (AvgIpc) is 2.97. The molecule has 6 nitrogen and oxygen atoms in total. The maximum absolute atomic E-state index is 15.3. The first-order valence-electron chi connectivity index (χ1n) is 14.7. The predicted molar refractivity (Wildman–Crippen MR) is 168 cm³/mol. The number of halogens is 8. The third-order valence-corrected chi connectivity index (χ3v) is 8.70. The second-order valence-electron chi connectivity index (χ2n) is 11.7. The smallest absolute Gasteiger partial charge is 0.416 e. The Morgan fingerprint density at radius 1 is 1.02 bits per heavy atom. The van der Waals surface area contributed by atoms with E-state index in [9.17, 15) is 36.6 Å². The van der Waals surface area contributed by atoms with Gasteiger partial charge in [-0.05, 0) is 78.9 Å². The van der Waals surface area contributed by atoms with E-state index in [0.29, 0.717) is 26.2 Å². The number of carbonyl (C=O) groups excluding carboxylic acids is 1. The van der Waals surface area contributed by atoms with Crippen molar-refractivity contribution in [1.82, 2.24) is 14.8 Å². The van der Waals surface area contributed by atoms with Gasteiger partial charge in [0.25, 0.3) is 5.56 Å². The number of pyridine rings is 1. The van der Waals surface area contributed by atoms with Gasteiger partial charge in [-0.1, -0.05) is 15.9 Å². The third kappa shape index (κ3) is 7.44. The first-order valence-corrected chi connectivity index (χ1v) is 15.5. The van der Waals surface area contributed by atoms with E-state index in [1.54, 1.807) is 11.8 Å². The van der Waals surface area contributed by atoms with Gasteiger partial charge in [-0.2, -0.15) is 13.2 Å². The van der Waals surface area contributed by atoms with Crippen molar-refractivity contribution in [3.8, 4) is 16.9 Å². The van der Waals surface area contributed by atoms with Crippen LogP contribution in [0.1, 0.15) is 39.4 Å². The number of nitrogens with zero attached hydrogens (tertiary/aromatic N) is 2. The van der Waals surface area contributed by atoms with Crippen LogP contribution in [-0.4, -0.2) is 46.3 Å². The highest BCUT2D eigenvalue weighted by Gasteiger charge is 2.37. The Labute approximate surface area is 278 Å². The van der Waals surface area contributed by atoms with Gasteiger partial charge in [0.1, 0.15) is 35.4 Å². The highest BCUT2D eigenvalue weighted by molar-refractivity contribution is 9.10. The number of aromatic nitrogens is 1. The number of phenolic OH excluding ortho intramolecular Hbond substituents is 1. The maximum Gasteiger partial charge on any atom is 0.416 e. The summed E-state index contributed by atoms with van der Waals surface area (Å²) in [7, 11) is 0. The van der Waals surface area contributed by atoms with E-state index in [2.05, 4.69) is 21.2 Å². The number of rotatable bonds is 9. The lowest BCUT2D eigenvalue weighted by molar-refractivity contribution is -0.138. The number of likely N-dealkylation sites (tertiary alicyclic amines) is 1. The van der Waals surface area contributed by atoms with Crippen LogP contribution in [0, 0.1) is 31.3 Å². The molecule has 3 aromatic carbocycles. The molecule has 254 valence electrons. The first-order chi connectivity index (χ1) is 22.5. The largest absolute Gasteiger partial charge is 0.507 e. The number of amides is 1. The lowest BCUT2D eigenvalue weighted by atomic mass is 9.95. The summed E-state index contributed by atoms with van der Waals surface area (Å²) >= 11 is 3.19. The molecule has 0 saturated carbocycles. The monoisotopic (exact) mass is 739 g/mol. The molecule has 1 fully saturated rings. The van der Waals surface area contributed by atoms with Crippen LogP contribution in [0.3, 0.4) is 0 Å². The van der Waals surface area contributed by atoms with Crippen LogP contribution in [0.2, 0.25) is 0 Å². The minimum atomic E-state index is -4.93. The van der Waals surface area contributed by atoms with E-state index < -0.39 is 65.2 Å². The lowest BCUT2D eigenvalue weighted by Gasteiger charge is -2.34. The SMILES string of the molecule is Cc1cc(-c2c(C)cc(F)cc2O)cc(CNC(=O)C(c2cc(Br)ccc2F)n2cc(CCN3CC(F)C3)c(C(F)(F)F)cc2=O)c1F. The summed E-state index contributed by atoms with van der Waals surface area (Å²) < 4.78 is 101. The van der Waals surface area contributed by atoms with E-state index >= 15 is 8.78 Å². The van der Waals surface area contributed by atoms with Crippen molar-refractivity contribution in [1.29, 1.82) is 0 Å². The van der Waals surface area contributed by atoms with Crippen molar-refractivity contribution in [2.75, 3.05) is 19.6 Å². The number of hydrogen-bond donors (Lipinski definition) is 2. The van der Waals surface area contributed by atoms with Crippen LogP contribution in [0.5, 0.6) is 5.75 Å². The van der Waals surface area contributed by atoms with E-state index in [0.717, 1.165) is 18.3 Å². The molecule has 14 heteroatoms. The minimum absolute atomic E-state index is 0.0435. The van der Waals surface area contributed by atoms with Crippen molar-refractivity contribution in [2.45, 2.75) is 45.2 Å². The zero-order valence-electron chi connectivity index (χ0n) is 25.6. The molecule has 5 rings (SSSR count). The van der Waals surface area contributed by atoms with Gasteiger partial charge in [-0.15, -0.1) is 0 Å². The van der Waals surface area contributed by atoms with Crippen LogP contribution >= 0.6 is 15.9 Å². The number of carbonyl (C=O) groups is 1.